The molecule has 0 aliphatic heterocycles. The summed E-state index contributed by atoms with van der Waals surface area (Å²) in [4.78, 5) is 13.2. The number of nitro groups is 1. The minimum atomic E-state index is -0.332. The lowest BCUT2D eigenvalue weighted by Gasteiger charge is -2.25. The van der Waals surface area contributed by atoms with Crippen LogP contribution in [0.15, 0.2) is 36.4 Å². The Hall–Kier alpha value is -2.76. The zero-order valence-electron chi connectivity index (χ0n) is 13.7. The lowest BCUT2D eigenvalue weighted by atomic mass is 10.1. The van der Waals surface area contributed by atoms with Crippen molar-refractivity contribution in [2.45, 2.75) is 32.4 Å². The Balaban J connectivity index is 1.97. The van der Waals surface area contributed by atoms with Crippen molar-refractivity contribution < 1.29 is 14.8 Å². The zero-order valence-corrected chi connectivity index (χ0v) is 13.7. The number of phenols is 1. The Morgan fingerprint density at radius 2 is 2.04 bits per heavy atom. The van der Waals surface area contributed by atoms with Crippen molar-refractivity contribution in [3.05, 3.63) is 57.6 Å². The third-order valence-corrected chi connectivity index (χ3v) is 4.22. The number of methoxy groups -OCH3 is 1. The standard InChI is InChI=1S/C18H20N2O4/c1-12-3-7-15(20(22)23)16(9-12)19(14-5-6-14)11-13-4-8-17(21)18(10-13)24-2/h3-4,7-10,14,21H,5-6,11H2,1-2H3. The van der Waals surface area contributed by atoms with E-state index in [2.05, 4.69) is 4.90 Å². The fourth-order valence-electron chi connectivity index (χ4n) is 2.83. The van der Waals surface area contributed by atoms with Gasteiger partial charge in [-0.05, 0) is 49.1 Å². The minimum Gasteiger partial charge on any atom is -0.504 e. The van der Waals surface area contributed by atoms with Gasteiger partial charge >= 0.3 is 0 Å². The average molecular weight is 328 g/mol. The first-order chi connectivity index (χ1) is 11.5. The maximum atomic E-state index is 11.4. The highest BCUT2D eigenvalue weighted by atomic mass is 16.6. The van der Waals surface area contributed by atoms with Crippen molar-refractivity contribution in [2.24, 2.45) is 0 Å². The van der Waals surface area contributed by atoms with Gasteiger partial charge in [-0.3, -0.25) is 10.1 Å². The van der Waals surface area contributed by atoms with E-state index in [9.17, 15) is 15.2 Å². The van der Waals surface area contributed by atoms with Crippen LogP contribution in [0.1, 0.15) is 24.0 Å². The van der Waals surface area contributed by atoms with Gasteiger partial charge in [0.2, 0.25) is 0 Å². The maximum Gasteiger partial charge on any atom is 0.292 e. The van der Waals surface area contributed by atoms with Gasteiger partial charge in [-0.15, -0.1) is 0 Å². The van der Waals surface area contributed by atoms with E-state index in [4.69, 9.17) is 4.74 Å². The molecule has 0 bridgehead atoms. The molecule has 1 saturated carbocycles. The fourth-order valence-corrected chi connectivity index (χ4v) is 2.83. The van der Waals surface area contributed by atoms with Crippen LogP contribution in [-0.2, 0) is 6.54 Å². The predicted octanol–water partition coefficient (Wildman–Crippen LogP) is 3.79. The number of rotatable bonds is 6. The Kier molecular flexibility index (Phi) is 4.29. The summed E-state index contributed by atoms with van der Waals surface area (Å²) >= 11 is 0. The van der Waals surface area contributed by atoms with Gasteiger partial charge in [-0.2, -0.15) is 0 Å². The third-order valence-electron chi connectivity index (χ3n) is 4.22. The molecule has 1 fully saturated rings. The molecule has 0 unspecified atom stereocenters. The molecule has 0 amide bonds. The normalized spacial score (nSPS) is 13.6. The molecular weight excluding hydrogens is 308 g/mol. The molecule has 2 aromatic rings. The molecule has 3 rings (SSSR count). The number of nitrogens with zero attached hydrogens (tertiary/aromatic N) is 2. The minimum absolute atomic E-state index is 0.0840. The average Bonchev–Trinajstić information content (AvgIpc) is 3.38. The highest BCUT2D eigenvalue weighted by Gasteiger charge is 2.33. The summed E-state index contributed by atoms with van der Waals surface area (Å²) in [5.74, 6) is 0.489. The van der Waals surface area contributed by atoms with Crippen LogP contribution in [-0.4, -0.2) is 23.2 Å². The van der Waals surface area contributed by atoms with Gasteiger partial charge in [-0.25, -0.2) is 0 Å². The van der Waals surface area contributed by atoms with Crippen LogP contribution in [0.4, 0.5) is 11.4 Å². The van der Waals surface area contributed by atoms with Crippen LogP contribution < -0.4 is 9.64 Å². The summed E-state index contributed by atoms with van der Waals surface area (Å²) in [6, 6.07) is 10.7. The second kappa shape index (κ2) is 6.39. The van der Waals surface area contributed by atoms with E-state index in [0.717, 1.165) is 24.0 Å². The molecule has 0 heterocycles. The summed E-state index contributed by atoms with van der Waals surface area (Å²) in [5.41, 5.74) is 2.70. The summed E-state index contributed by atoms with van der Waals surface area (Å²) < 4.78 is 5.15. The van der Waals surface area contributed by atoms with Gasteiger partial charge in [0, 0.05) is 18.7 Å². The molecule has 0 saturated heterocycles. The number of aryl methyl sites for hydroxylation is 1. The van der Waals surface area contributed by atoms with Crippen molar-refractivity contribution in [3.63, 3.8) is 0 Å². The van der Waals surface area contributed by atoms with Crippen molar-refractivity contribution in [2.75, 3.05) is 12.0 Å². The lowest BCUT2D eigenvalue weighted by molar-refractivity contribution is -0.384. The van der Waals surface area contributed by atoms with E-state index < -0.39 is 0 Å². The molecule has 0 aromatic heterocycles. The van der Waals surface area contributed by atoms with Crippen LogP contribution in [0, 0.1) is 17.0 Å². The summed E-state index contributed by atoms with van der Waals surface area (Å²) in [7, 11) is 1.50. The number of anilines is 1. The molecule has 0 radical (unpaired) electrons. The van der Waals surface area contributed by atoms with E-state index >= 15 is 0 Å². The van der Waals surface area contributed by atoms with E-state index in [1.807, 2.05) is 19.1 Å². The van der Waals surface area contributed by atoms with Crippen molar-refractivity contribution in [1.82, 2.24) is 0 Å². The van der Waals surface area contributed by atoms with E-state index in [1.54, 1.807) is 24.3 Å². The van der Waals surface area contributed by atoms with Crippen LogP contribution in [0.25, 0.3) is 0 Å². The second-order valence-corrected chi connectivity index (χ2v) is 6.11. The van der Waals surface area contributed by atoms with Gasteiger partial charge in [0.25, 0.3) is 5.69 Å². The number of hydrogen-bond donors (Lipinski definition) is 1. The molecule has 1 N–H and O–H groups in total. The SMILES string of the molecule is COc1cc(CN(c2cc(C)ccc2[N+](=O)[O-])C2CC2)ccc1O. The topological polar surface area (TPSA) is 75.8 Å². The van der Waals surface area contributed by atoms with Crippen molar-refractivity contribution in [3.8, 4) is 11.5 Å². The van der Waals surface area contributed by atoms with Gasteiger partial charge in [0.05, 0.1) is 12.0 Å². The molecule has 0 spiro atoms. The Morgan fingerprint density at radius 1 is 1.29 bits per heavy atom. The van der Waals surface area contributed by atoms with Crippen LogP contribution in [0.5, 0.6) is 11.5 Å². The number of phenolic OH excluding ortho intramolecular Hbond substituents is 1. The zero-order chi connectivity index (χ0) is 17.3. The largest absolute Gasteiger partial charge is 0.504 e. The molecule has 6 nitrogen and oxygen atoms in total. The third kappa shape index (κ3) is 3.27. The Labute approximate surface area is 140 Å². The smallest absolute Gasteiger partial charge is 0.292 e. The molecule has 0 atom stereocenters. The van der Waals surface area contributed by atoms with Gasteiger partial charge in [-0.1, -0.05) is 12.1 Å². The van der Waals surface area contributed by atoms with Crippen molar-refractivity contribution >= 4 is 11.4 Å². The molecule has 24 heavy (non-hydrogen) atoms. The summed E-state index contributed by atoms with van der Waals surface area (Å²) in [5, 5.41) is 21.1. The van der Waals surface area contributed by atoms with Crippen LogP contribution in [0.2, 0.25) is 0 Å². The number of nitro benzene ring substituents is 1. The van der Waals surface area contributed by atoms with E-state index in [-0.39, 0.29) is 16.4 Å². The molecule has 1 aliphatic rings. The highest BCUT2D eigenvalue weighted by Crippen LogP contribution is 2.39. The quantitative estimate of drug-likeness (QED) is 0.645. The molecule has 6 heteroatoms. The first-order valence-electron chi connectivity index (χ1n) is 7.87. The second-order valence-electron chi connectivity index (χ2n) is 6.11. The number of aromatic hydroxyl groups is 1. The first-order valence-corrected chi connectivity index (χ1v) is 7.87. The van der Waals surface area contributed by atoms with Crippen LogP contribution >= 0.6 is 0 Å². The Bertz CT molecular complexity index is 772. The van der Waals surface area contributed by atoms with E-state index in [1.165, 1.54) is 7.11 Å². The van der Waals surface area contributed by atoms with Crippen LogP contribution in [0.3, 0.4) is 0 Å². The highest BCUT2D eigenvalue weighted by molar-refractivity contribution is 5.66. The lowest BCUT2D eigenvalue weighted by Crippen LogP contribution is -2.26. The maximum absolute atomic E-state index is 11.4. The predicted molar refractivity (Wildman–Crippen MR) is 91.7 cm³/mol. The molecule has 1 aliphatic carbocycles. The number of hydrogen-bond acceptors (Lipinski definition) is 5. The van der Waals surface area contributed by atoms with E-state index in [0.29, 0.717) is 24.0 Å². The number of benzene rings is 2. The van der Waals surface area contributed by atoms with Crippen molar-refractivity contribution in [1.29, 1.82) is 0 Å². The first kappa shape index (κ1) is 16.1. The molecule has 2 aromatic carbocycles. The monoisotopic (exact) mass is 328 g/mol. The van der Waals surface area contributed by atoms with Gasteiger partial charge < -0.3 is 14.7 Å². The van der Waals surface area contributed by atoms with Gasteiger partial charge in [0.1, 0.15) is 5.69 Å². The summed E-state index contributed by atoms with van der Waals surface area (Å²) in [6.07, 6.45) is 2.06. The molecular formula is C18H20N2O4. The molecule has 126 valence electrons. The Morgan fingerprint density at radius 3 is 2.67 bits per heavy atom. The number of ether oxygens (including phenoxy) is 1. The summed E-state index contributed by atoms with van der Waals surface area (Å²) in [6.45, 7) is 2.47. The van der Waals surface area contributed by atoms with Gasteiger partial charge in [0.15, 0.2) is 11.5 Å². The fraction of sp³-hybridized carbons (Fsp3) is 0.333.